The minimum atomic E-state index is 0. The molecule has 2 N–H and O–H groups in total. The van der Waals surface area contributed by atoms with Gasteiger partial charge in [-0.1, -0.05) is 48.8 Å². The van der Waals surface area contributed by atoms with Gasteiger partial charge >= 0.3 is 0 Å². The average Bonchev–Trinajstić information content (AvgIpc) is 3.18. The molecule has 0 radical (unpaired) electrons. The van der Waals surface area contributed by atoms with E-state index in [2.05, 4.69) is 51.7 Å². The minimum Gasteiger partial charge on any atom is -0.361 e. The lowest BCUT2D eigenvalue weighted by atomic mass is 9.96. The number of aromatic nitrogens is 1. The molecule has 2 heterocycles. The van der Waals surface area contributed by atoms with Gasteiger partial charge in [-0.2, -0.15) is 0 Å². The topological polar surface area (TPSA) is 65.7 Å². The monoisotopic (exact) mass is 559 g/mol. The predicted octanol–water partition coefficient (Wildman–Crippen LogP) is 4.65. The van der Waals surface area contributed by atoms with Crippen molar-refractivity contribution in [2.75, 3.05) is 26.7 Å². The van der Waals surface area contributed by atoms with E-state index >= 15 is 0 Å². The molecule has 1 fully saturated rings. The normalized spacial score (nSPS) is 15.5. The third-order valence-corrected chi connectivity index (χ3v) is 6.25. The molecular formula is C23H35ClIN5O. The molecule has 0 amide bonds. The van der Waals surface area contributed by atoms with Crippen molar-refractivity contribution >= 4 is 41.5 Å². The summed E-state index contributed by atoms with van der Waals surface area (Å²) in [5.74, 6) is 2.44. The van der Waals surface area contributed by atoms with Gasteiger partial charge < -0.3 is 15.2 Å². The van der Waals surface area contributed by atoms with Gasteiger partial charge in [-0.25, -0.2) is 0 Å². The molecule has 1 aliphatic heterocycles. The van der Waals surface area contributed by atoms with Crippen molar-refractivity contribution in [3.8, 4) is 0 Å². The smallest absolute Gasteiger partial charge is 0.191 e. The summed E-state index contributed by atoms with van der Waals surface area (Å²) in [6.07, 6.45) is 4.09. The number of benzene rings is 1. The molecule has 1 aromatic carbocycles. The van der Waals surface area contributed by atoms with Gasteiger partial charge in [0.1, 0.15) is 5.76 Å². The van der Waals surface area contributed by atoms with Crippen LogP contribution in [0.3, 0.4) is 0 Å². The number of hydrogen-bond acceptors (Lipinski definition) is 4. The van der Waals surface area contributed by atoms with Gasteiger partial charge in [0.05, 0.1) is 5.69 Å². The summed E-state index contributed by atoms with van der Waals surface area (Å²) in [5, 5.41) is 12.0. The van der Waals surface area contributed by atoms with Crippen LogP contribution in [0, 0.1) is 5.92 Å². The maximum atomic E-state index is 6.31. The van der Waals surface area contributed by atoms with Crippen molar-refractivity contribution < 1.29 is 4.52 Å². The van der Waals surface area contributed by atoms with Crippen molar-refractivity contribution in [1.29, 1.82) is 0 Å². The van der Waals surface area contributed by atoms with Crippen LogP contribution in [0.5, 0.6) is 0 Å². The number of halogens is 2. The van der Waals surface area contributed by atoms with Crippen molar-refractivity contribution in [3.63, 3.8) is 0 Å². The second-order valence-corrected chi connectivity index (χ2v) is 8.26. The molecule has 0 atom stereocenters. The highest BCUT2D eigenvalue weighted by molar-refractivity contribution is 14.0. The van der Waals surface area contributed by atoms with Gasteiger partial charge in [0.25, 0.3) is 0 Å². The first kappa shape index (κ1) is 25.9. The van der Waals surface area contributed by atoms with E-state index in [4.69, 9.17) is 16.1 Å². The molecule has 31 heavy (non-hydrogen) atoms. The first-order valence-electron chi connectivity index (χ1n) is 11.0. The zero-order valence-electron chi connectivity index (χ0n) is 18.8. The summed E-state index contributed by atoms with van der Waals surface area (Å²) in [7, 11) is 1.82. The Bertz CT molecular complexity index is 812. The SMILES string of the molecule is CCc1noc(CC)c1CNC(=NC)NCC1CCN(Cc2ccccc2Cl)CC1.I. The van der Waals surface area contributed by atoms with Crippen molar-refractivity contribution in [2.24, 2.45) is 10.9 Å². The fourth-order valence-corrected chi connectivity index (χ4v) is 4.18. The highest BCUT2D eigenvalue weighted by Gasteiger charge is 2.20. The summed E-state index contributed by atoms with van der Waals surface area (Å²) in [5.41, 5.74) is 3.41. The van der Waals surface area contributed by atoms with E-state index in [1.165, 1.54) is 18.4 Å². The molecule has 8 heteroatoms. The van der Waals surface area contributed by atoms with E-state index in [1.807, 2.05) is 19.2 Å². The lowest BCUT2D eigenvalue weighted by molar-refractivity contribution is 0.178. The Labute approximate surface area is 208 Å². The number of hydrogen-bond donors (Lipinski definition) is 2. The van der Waals surface area contributed by atoms with Gasteiger partial charge in [-0.3, -0.25) is 9.89 Å². The average molecular weight is 560 g/mol. The Morgan fingerprint density at radius 3 is 2.58 bits per heavy atom. The van der Waals surface area contributed by atoms with Crippen LogP contribution in [0.15, 0.2) is 33.8 Å². The second kappa shape index (κ2) is 13.3. The molecule has 172 valence electrons. The van der Waals surface area contributed by atoms with E-state index in [-0.39, 0.29) is 24.0 Å². The first-order valence-corrected chi connectivity index (χ1v) is 11.4. The summed E-state index contributed by atoms with van der Waals surface area (Å²) in [6.45, 7) is 8.95. The largest absolute Gasteiger partial charge is 0.361 e. The highest BCUT2D eigenvalue weighted by Crippen LogP contribution is 2.22. The van der Waals surface area contributed by atoms with E-state index in [1.54, 1.807) is 0 Å². The maximum Gasteiger partial charge on any atom is 0.191 e. The van der Waals surface area contributed by atoms with Crippen LogP contribution < -0.4 is 10.6 Å². The summed E-state index contributed by atoms with van der Waals surface area (Å²) >= 11 is 6.31. The summed E-state index contributed by atoms with van der Waals surface area (Å²) < 4.78 is 5.45. The molecule has 1 aromatic heterocycles. The first-order chi connectivity index (χ1) is 14.6. The van der Waals surface area contributed by atoms with Crippen LogP contribution in [0.2, 0.25) is 5.02 Å². The van der Waals surface area contributed by atoms with Crippen LogP contribution in [-0.4, -0.2) is 42.7 Å². The number of likely N-dealkylation sites (tertiary alicyclic amines) is 1. The lowest BCUT2D eigenvalue weighted by Crippen LogP contribution is -2.42. The maximum absolute atomic E-state index is 6.31. The Balaban J connectivity index is 0.00000341. The fourth-order valence-electron chi connectivity index (χ4n) is 3.99. The second-order valence-electron chi connectivity index (χ2n) is 7.86. The van der Waals surface area contributed by atoms with Crippen LogP contribution in [0.4, 0.5) is 0 Å². The van der Waals surface area contributed by atoms with Crippen molar-refractivity contribution in [1.82, 2.24) is 20.7 Å². The number of nitrogens with zero attached hydrogens (tertiary/aromatic N) is 3. The molecular weight excluding hydrogens is 525 g/mol. The third kappa shape index (κ3) is 7.36. The van der Waals surface area contributed by atoms with Gasteiger partial charge in [0.15, 0.2) is 5.96 Å². The molecule has 1 aliphatic rings. The Morgan fingerprint density at radius 1 is 1.19 bits per heavy atom. The molecule has 3 rings (SSSR count). The molecule has 0 bridgehead atoms. The van der Waals surface area contributed by atoms with E-state index in [0.717, 1.165) is 67.0 Å². The zero-order valence-corrected chi connectivity index (χ0v) is 21.9. The van der Waals surface area contributed by atoms with Crippen molar-refractivity contribution in [2.45, 2.75) is 52.6 Å². The molecule has 0 saturated carbocycles. The van der Waals surface area contributed by atoms with E-state index in [9.17, 15) is 0 Å². The van der Waals surface area contributed by atoms with Gasteiger partial charge in [0, 0.05) is 43.7 Å². The lowest BCUT2D eigenvalue weighted by Gasteiger charge is -2.32. The Kier molecular flexibility index (Phi) is 11.1. The van der Waals surface area contributed by atoms with Gasteiger partial charge in [-0.15, -0.1) is 24.0 Å². The third-order valence-electron chi connectivity index (χ3n) is 5.88. The quantitative estimate of drug-likeness (QED) is 0.280. The van der Waals surface area contributed by atoms with Crippen LogP contribution in [-0.2, 0) is 25.9 Å². The number of aliphatic imine (C=N–C) groups is 1. The number of piperidine rings is 1. The summed E-state index contributed by atoms with van der Waals surface area (Å²) in [6, 6.07) is 8.14. The van der Waals surface area contributed by atoms with E-state index < -0.39 is 0 Å². The fraction of sp³-hybridized carbons (Fsp3) is 0.565. The Morgan fingerprint density at radius 2 is 1.94 bits per heavy atom. The van der Waals surface area contributed by atoms with Gasteiger partial charge in [-0.05, 0) is 49.9 Å². The van der Waals surface area contributed by atoms with Crippen molar-refractivity contribution in [3.05, 3.63) is 51.9 Å². The molecule has 2 aromatic rings. The minimum absolute atomic E-state index is 0. The predicted molar refractivity (Wildman–Crippen MR) is 138 cm³/mol. The number of guanidine groups is 1. The molecule has 6 nitrogen and oxygen atoms in total. The van der Waals surface area contributed by atoms with Gasteiger partial charge in [0.2, 0.25) is 0 Å². The van der Waals surface area contributed by atoms with E-state index in [0.29, 0.717) is 12.5 Å². The Hall–Kier alpha value is -1.32. The molecule has 0 spiro atoms. The van der Waals surface area contributed by atoms with Crippen LogP contribution in [0.25, 0.3) is 0 Å². The standard InChI is InChI=1S/C23H34ClN5O.HI/c1-4-21-19(22(5-2)30-28-21)15-27-23(25-3)26-14-17-10-12-29(13-11-17)16-18-8-6-7-9-20(18)24;/h6-9,17H,4-5,10-16H2,1-3H3,(H2,25,26,27);1H. The number of nitrogens with one attached hydrogen (secondary N) is 2. The number of aryl methyl sites for hydroxylation is 2. The zero-order chi connectivity index (χ0) is 21.3. The summed E-state index contributed by atoms with van der Waals surface area (Å²) in [4.78, 5) is 6.88. The van der Waals surface area contributed by atoms with Crippen LogP contribution >= 0.6 is 35.6 Å². The molecule has 1 saturated heterocycles. The number of rotatable bonds is 8. The highest BCUT2D eigenvalue weighted by atomic mass is 127. The molecule has 0 aliphatic carbocycles. The van der Waals surface area contributed by atoms with Crippen LogP contribution in [0.1, 0.15) is 49.3 Å². The molecule has 0 unspecified atom stereocenters.